The second-order valence-electron chi connectivity index (χ2n) is 8.58. The zero-order valence-corrected chi connectivity index (χ0v) is 17.9. The van der Waals surface area contributed by atoms with Crippen molar-refractivity contribution in [2.45, 2.75) is 64.3 Å². The van der Waals surface area contributed by atoms with Crippen LogP contribution in [0.1, 0.15) is 57.4 Å². The molecule has 2 fully saturated rings. The smallest absolute Gasteiger partial charge is 0.224 e. The van der Waals surface area contributed by atoms with Gasteiger partial charge >= 0.3 is 0 Å². The van der Waals surface area contributed by atoms with Gasteiger partial charge in [0.25, 0.3) is 0 Å². The lowest BCUT2D eigenvalue weighted by atomic mass is 9.93. The number of benzene rings is 1. The number of hydrogen-bond acceptors (Lipinski definition) is 3. The first-order valence-electron chi connectivity index (χ1n) is 11.5. The van der Waals surface area contributed by atoms with Gasteiger partial charge in [0, 0.05) is 38.6 Å². The first-order valence-corrected chi connectivity index (χ1v) is 11.5. The molecule has 1 aromatic carbocycles. The Labute approximate surface area is 175 Å². The largest absolute Gasteiger partial charge is 0.355 e. The Hall–Kier alpha value is -1.88. The van der Waals surface area contributed by atoms with Crippen molar-refractivity contribution in [1.29, 1.82) is 0 Å². The van der Waals surface area contributed by atoms with E-state index in [0.29, 0.717) is 24.9 Å². The van der Waals surface area contributed by atoms with Crippen LogP contribution in [0.25, 0.3) is 0 Å². The normalized spacial score (nSPS) is 21.1. The summed E-state index contributed by atoms with van der Waals surface area (Å²) in [4.78, 5) is 29.5. The molecule has 1 N–H and O–H groups in total. The van der Waals surface area contributed by atoms with Gasteiger partial charge in [-0.1, -0.05) is 43.7 Å². The third-order valence-electron chi connectivity index (χ3n) is 6.46. The molecular formula is C24H37N3O2. The summed E-state index contributed by atoms with van der Waals surface area (Å²) in [5.74, 6) is 0.626. The van der Waals surface area contributed by atoms with E-state index in [2.05, 4.69) is 29.3 Å². The fraction of sp³-hybridized carbons (Fsp3) is 0.667. The first kappa shape index (κ1) is 21.8. The monoisotopic (exact) mass is 399 g/mol. The molecule has 0 bridgehead atoms. The lowest BCUT2D eigenvalue weighted by Gasteiger charge is -2.42. The van der Waals surface area contributed by atoms with Gasteiger partial charge in [-0.15, -0.1) is 0 Å². The predicted molar refractivity (Wildman–Crippen MR) is 117 cm³/mol. The van der Waals surface area contributed by atoms with E-state index >= 15 is 0 Å². The van der Waals surface area contributed by atoms with Crippen molar-refractivity contribution in [3.05, 3.63) is 35.9 Å². The highest BCUT2D eigenvalue weighted by molar-refractivity contribution is 5.79. The second kappa shape index (κ2) is 11.3. The second-order valence-corrected chi connectivity index (χ2v) is 8.58. The molecule has 2 amide bonds. The van der Waals surface area contributed by atoms with Crippen LogP contribution in [0.4, 0.5) is 0 Å². The van der Waals surface area contributed by atoms with Crippen molar-refractivity contribution >= 4 is 11.8 Å². The molecule has 1 atom stereocenters. The van der Waals surface area contributed by atoms with Crippen LogP contribution in [0, 0.1) is 5.92 Å². The molecule has 160 valence electrons. The minimum atomic E-state index is 0.101. The van der Waals surface area contributed by atoms with Crippen molar-refractivity contribution in [2.75, 3.05) is 32.7 Å². The molecule has 29 heavy (non-hydrogen) atoms. The Balaban J connectivity index is 1.40. The summed E-state index contributed by atoms with van der Waals surface area (Å²) in [6.45, 7) is 6.53. The van der Waals surface area contributed by atoms with E-state index in [4.69, 9.17) is 0 Å². The van der Waals surface area contributed by atoms with Gasteiger partial charge in [0.1, 0.15) is 0 Å². The van der Waals surface area contributed by atoms with Crippen molar-refractivity contribution < 1.29 is 9.59 Å². The summed E-state index contributed by atoms with van der Waals surface area (Å²) in [5.41, 5.74) is 1.26. The third-order valence-corrected chi connectivity index (χ3v) is 6.46. The number of likely N-dealkylation sites (tertiary alicyclic amines) is 2. The Bertz CT molecular complexity index is 641. The zero-order valence-electron chi connectivity index (χ0n) is 17.9. The zero-order chi connectivity index (χ0) is 20.5. The van der Waals surface area contributed by atoms with E-state index in [-0.39, 0.29) is 11.8 Å². The maximum Gasteiger partial charge on any atom is 0.224 e. The summed E-state index contributed by atoms with van der Waals surface area (Å²) in [6.07, 6.45) is 7.80. The molecule has 2 aliphatic rings. The molecule has 0 radical (unpaired) electrons. The molecule has 2 saturated heterocycles. The van der Waals surface area contributed by atoms with E-state index in [1.807, 2.05) is 23.1 Å². The van der Waals surface area contributed by atoms with Crippen LogP contribution in [0.5, 0.6) is 0 Å². The predicted octanol–water partition coefficient (Wildman–Crippen LogP) is 3.24. The fourth-order valence-electron chi connectivity index (χ4n) is 4.64. The number of piperidine rings is 2. The van der Waals surface area contributed by atoms with E-state index in [0.717, 1.165) is 71.1 Å². The van der Waals surface area contributed by atoms with Gasteiger partial charge in [-0.3, -0.25) is 14.5 Å². The number of carbonyl (C=O) groups excluding carboxylic acids is 2. The molecule has 0 saturated carbocycles. The van der Waals surface area contributed by atoms with Gasteiger partial charge < -0.3 is 10.2 Å². The van der Waals surface area contributed by atoms with Gasteiger partial charge in [0.2, 0.25) is 11.8 Å². The molecule has 1 unspecified atom stereocenters. The molecule has 1 aromatic rings. The van der Waals surface area contributed by atoms with E-state index in [1.54, 1.807) is 0 Å². The molecule has 2 heterocycles. The molecule has 0 spiro atoms. The number of amides is 2. The number of hydrogen-bond donors (Lipinski definition) is 1. The summed E-state index contributed by atoms with van der Waals surface area (Å²) in [6, 6.07) is 10.8. The lowest BCUT2D eigenvalue weighted by Crippen LogP contribution is -2.51. The Kier molecular flexibility index (Phi) is 8.53. The van der Waals surface area contributed by atoms with Crippen LogP contribution < -0.4 is 5.32 Å². The number of unbranched alkanes of at least 4 members (excludes halogenated alkanes) is 1. The number of rotatable bonds is 8. The topological polar surface area (TPSA) is 52.7 Å². The maximum atomic E-state index is 12.7. The van der Waals surface area contributed by atoms with Crippen molar-refractivity contribution in [1.82, 2.24) is 15.1 Å². The van der Waals surface area contributed by atoms with Crippen molar-refractivity contribution in [3.8, 4) is 0 Å². The van der Waals surface area contributed by atoms with E-state index < -0.39 is 0 Å². The minimum Gasteiger partial charge on any atom is -0.355 e. The molecule has 2 aliphatic heterocycles. The van der Waals surface area contributed by atoms with Gasteiger partial charge in [-0.2, -0.15) is 0 Å². The van der Waals surface area contributed by atoms with Crippen molar-refractivity contribution in [3.63, 3.8) is 0 Å². The average molecular weight is 400 g/mol. The highest BCUT2D eigenvalue weighted by atomic mass is 16.2. The highest BCUT2D eigenvalue weighted by Gasteiger charge is 2.32. The van der Waals surface area contributed by atoms with Crippen LogP contribution in [0.3, 0.4) is 0 Å². The van der Waals surface area contributed by atoms with Crippen LogP contribution in [0.15, 0.2) is 30.3 Å². The van der Waals surface area contributed by atoms with Gasteiger partial charge in [-0.05, 0) is 50.6 Å². The first-order chi connectivity index (χ1) is 14.2. The molecule has 3 rings (SSSR count). The third kappa shape index (κ3) is 6.56. The van der Waals surface area contributed by atoms with Crippen molar-refractivity contribution in [2.24, 2.45) is 5.92 Å². The van der Waals surface area contributed by atoms with Crippen LogP contribution in [-0.4, -0.2) is 60.4 Å². The molecule has 0 aromatic heterocycles. The van der Waals surface area contributed by atoms with Crippen LogP contribution in [0.2, 0.25) is 0 Å². The summed E-state index contributed by atoms with van der Waals surface area (Å²) in [5, 5.41) is 3.15. The highest BCUT2D eigenvalue weighted by Crippen LogP contribution is 2.24. The van der Waals surface area contributed by atoms with Gasteiger partial charge in [0.15, 0.2) is 0 Å². The summed E-state index contributed by atoms with van der Waals surface area (Å²) in [7, 11) is 0. The number of nitrogens with zero attached hydrogens (tertiary/aromatic N) is 2. The molecule has 5 nitrogen and oxygen atoms in total. The van der Waals surface area contributed by atoms with Crippen LogP contribution in [-0.2, 0) is 16.0 Å². The Morgan fingerprint density at radius 1 is 1.07 bits per heavy atom. The van der Waals surface area contributed by atoms with Gasteiger partial charge in [0.05, 0.1) is 5.92 Å². The molecule has 0 aliphatic carbocycles. The Morgan fingerprint density at radius 2 is 1.83 bits per heavy atom. The number of carbonyl (C=O) groups is 2. The van der Waals surface area contributed by atoms with E-state index in [1.165, 1.54) is 5.56 Å². The summed E-state index contributed by atoms with van der Waals surface area (Å²) >= 11 is 0. The number of nitrogens with one attached hydrogen (secondary N) is 1. The molecule has 5 heteroatoms. The Morgan fingerprint density at radius 3 is 2.55 bits per heavy atom. The maximum absolute atomic E-state index is 12.7. The molecular weight excluding hydrogens is 362 g/mol. The van der Waals surface area contributed by atoms with Gasteiger partial charge in [-0.25, -0.2) is 0 Å². The van der Waals surface area contributed by atoms with E-state index in [9.17, 15) is 9.59 Å². The standard InChI is InChI=1S/C24H37N3O2/c1-2-3-11-23(28)26-17-13-22(14-18-26)27-16-7-10-21(19-27)24(29)25-15-12-20-8-5-4-6-9-20/h4-6,8-9,21-22H,2-3,7,10-19H2,1H3,(H,25,29). The average Bonchev–Trinajstić information content (AvgIpc) is 2.78. The SMILES string of the molecule is CCCCC(=O)N1CCC(N2CCCC(C(=O)NCCc3ccccc3)C2)CC1. The fourth-order valence-corrected chi connectivity index (χ4v) is 4.64. The summed E-state index contributed by atoms with van der Waals surface area (Å²) < 4.78 is 0. The minimum absolute atomic E-state index is 0.101. The quantitative estimate of drug-likeness (QED) is 0.730. The van der Waals surface area contributed by atoms with Crippen LogP contribution >= 0.6 is 0 Å². The lowest BCUT2D eigenvalue weighted by molar-refractivity contribution is -0.133.